The third-order valence-electron chi connectivity index (χ3n) is 4.26. The van der Waals surface area contributed by atoms with E-state index in [9.17, 15) is 0 Å². The molecule has 20 heavy (non-hydrogen) atoms. The molecule has 108 valence electrons. The topological polar surface area (TPSA) is 32.6 Å². The molecule has 1 unspecified atom stereocenters. The molecule has 2 aliphatic rings. The van der Waals surface area contributed by atoms with Crippen LogP contribution in [0.2, 0.25) is 0 Å². The molecule has 0 spiro atoms. The lowest BCUT2D eigenvalue weighted by Crippen LogP contribution is -2.33. The fourth-order valence-electron chi connectivity index (χ4n) is 2.80. The van der Waals surface area contributed by atoms with E-state index < -0.39 is 0 Å². The van der Waals surface area contributed by atoms with Gasteiger partial charge in [-0.15, -0.1) is 11.3 Å². The molecule has 2 fully saturated rings. The second-order valence-corrected chi connectivity index (χ2v) is 7.74. The van der Waals surface area contributed by atoms with Crippen LogP contribution in [-0.2, 0) is 6.54 Å². The number of thioether (sulfide) groups is 1. The number of anilines is 1. The molecule has 2 aromatic rings. The first kappa shape index (κ1) is 13.0. The van der Waals surface area contributed by atoms with Crippen molar-refractivity contribution >= 4 is 33.9 Å². The average Bonchev–Trinajstić information content (AvgIpc) is 2.90. The molecule has 1 N–H and O–H groups in total. The van der Waals surface area contributed by atoms with E-state index in [-0.39, 0.29) is 0 Å². The van der Waals surface area contributed by atoms with Crippen LogP contribution in [0.4, 0.5) is 5.82 Å². The Morgan fingerprint density at radius 3 is 3.10 bits per heavy atom. The van der Waals surface area contributed by atoms with E-state index in [1.54, 1.807) is 11.3 Å². The Morgan fingerprint density at radius 1 is 1.45 bits per heavy atom. The van der Waals surface area contributed by atoms with Crippen LogP contribution in [0, 0.1) is 0 Å². The molecule has 6 heteroatoms. The van der Waals surface area contributed by atoms with Crippen LogP contribution in [0.5, 0.6) is 0 Å². The summed E-state index contributed by atoms with van der Waals surface area (Å²) in [5.41, 5.74) is 1.33. The van der Waals surface area contributed by atoms with Gasteiger partial charge < -0.3 is 10.2 Å². The Hall–Kier alpha value is -0.720. The van der Waals surface area contributed by atoms with Crippen molar-refractivity contribution in [2.45, 2.75) is 37.9 Å². The van der Waals surface area contributed by atoms with Crippen LogP contribution < -0.4 is 10.2 Å². The Labute approximate surface area is 127 Å². The molecule has 1 saturated carbocycles. The fourth-order valence-corrected chi connectivity index (χ4v) is 4.79. The van der Waals surface area contributed by atoms with Crippen molar-refractivity contribution in [3.05, 3.63) is 17.3 Å². The van der Waals surface area contributed by atoms with E-state index in [2.05, 4.69) is 45.0 Å². The largest absolute Gasteiger partial charge is 0.354 e. The van der Waals surface area contributed by atoms with Crippen LogP contribution in [0.15, 0.2) is 11.6 Å². The highest BCUT2D eigenvalue weighted by Gasteiger charge is 2.27. The Balaban J connectivity index is 1.64. The van der Waals surface area contributed by atoms with Crippen molar-refractivity contribution in [2.24, 2.45) is 0 Å². The van der Waals surface area contributed by atoms with Gasteiger partial charge in [-0.2, -0.15) is 11.8 Å². The zero-order valence-corrected chi connectivity index (χ0v) is 13.3. The summed E-state index contributed by atoms with van der Waals surface area (Å²) < 4.78 is 2.26. The van der Waals surface area contributed by atoms with Gasteiger partial charge in [0.2, 0.25) is 0 Å². The first-order valence-corrected chi connectivity index (χ1v) is 9.35. The van der Waals surface area contributed by atoms with Gasteiger partial charge in [0.1, 0.15) is 0 Å². The highest BCUT2D eigenvalue weighted by atomic mass is 32.2. The summed E-state index contributed by atoms with van der Waals surface area (Å²) in [6.45, 7) is 0.933. The van der Waals surface area contributed by atoms with Gasteiger partial charge in [0.05, 0.1) is 5.69 Å². The van der Waals surface area contributed by atoms with Crippen LogP contribution in [-0.4, -0.2) is 40.0 Å². The fraction of sp³-hybridized carbons (Fsp3) is 0.643. The maximum atomic E-state index is 4.87. The van der Waals surface area contributed by atoms with Gasteiger partial charge in [-0.25, -0.2) is 4.98 Å². The molecule has 1 aliphatic carbocycles. The number of hydrogen-bond acceptors (Lipinski definition) is 5. The molecule has 0 bridgehead atoms. The van der Waals surface area contributed by atoms with Crippen molar-refractivity contribution in [1.29, 1.82) is 0 Å². The average molecular weight is 308 g/mol. The summed E-state index contributed by atoms with van der Waals surface area (Å²) in [7, 11) is 2.21. The zero-order chi connectivity index (χ0) is 13.5. The van der Waals surface area contributed by atoms with Gasteiger partial charge in [0, 0.05) is 43.0 Å². The summed E-state index contributed by atoms with van der Waals surface area (Å²) in [4.78, 5) is 8.40. The van der Waals surface area contributed by atoms with Gasteiger partial charge in [0.15, 0.2) is 10.8 Å². The van der Waals surface area contributed by atoms with Crippen LogP contribution in [0.1, 0.15) is 25.0 Å². The zero-order valence-electron chi connectivity index (χ0n) is 11.7. The quantitative estimate of drug-likeness (QED) is 0.920. The summed E-state index contributed by atoms with van der Waals surface area (Å²) >= 11 is 3.78. The van der Waals surface area contributed by atoms with Gasteiger partial charge in [-0.3, -0.25) is 4.40 Å². The number of aromatic nitrogens is 2. The Bertz CT molecular complexity index is 595. The van der Waals surface area contributed by atoms with Crippen LogP contribution >= 0.6 is 23.1 Å². The number of hydrogen-bond donors (Lipinski definition) is 1. The van der Waals surface area contributed by atoms with Crippen LogP contribution in [0.25, 0.3) is 4.96 Å². The minimum Gasteiger partial charge on any atom is -0.354 e. The standard InChI is InChI=1S/C14H20N4S2/c1-17(11-4-6-19-9-11)13-12(8-15-10-2-3-10)18-5-7-20-14(18)16-13/h5,7,10-11,15H,2-4,6,8-9H2,1H3. The van der Waals surface area contributed by atoms with E-state index in [1.807, 2.05) is 0 Å². The molecule has 1 atom stereocenters. The minimum atomic E-state index is 0.643. The maximum Gasteiger partial charge on any atom is 0.195 e. The SMILES string of the molecule is CN(c1nc2sccn2c1CNC1CC1)C1CCSC1. The molecular weight excluding hydrogens is 288 g/mol. The lowest BCUT2D eigenvalue weighted by molar-refractivity contribution is 0.653. The smallest absolute Gasteiger partial charge is 0.195 e. The van der Waals surface area contributed by atoms with E-state index >= 15 is 0 Å². The lowest BCUT2D eigenvalue weighted by Gasteiger charge is -2.25. The molecule has 0 amide bonds. The van der Waals surface area contributed by atoms with Gasteiger partial charge in [-0.05, 0) is 25.0 Å². The summed E-state index contributed by atoms with van der Waals surface area (Å²) in [5, 5.41) is 5.76. The monoisotopic (exact) mass is 308 g/mol. The summed E-state index contributed by atoms with van der Waals surface area (Å²) in [5.74, 6) is 3.70. The Morgan fingerprint density at radius 2 is 2.35 bits per heavy atom. The van der Waals surface area contributed by atoms with Gasteiger partial charge in [0.25, 0.3) is 0 Å². The van der Waals surface area contributed by atoms with E-state index in [0.717, 1.165) is 17.5 Å². The predicted molar refractivity (Wildman–Crippen MR) is 87.1 cm³/mol. The first-order chi connectivity index (χ1) is 9.83. The highest BCUT2D eigenvalue weighted by molar-refractivity contribution is 7.99. The van der Waals surface area contributed by atoms with Gasteiger partial charge >= 0.3 is 0 Å². The molecule has 2 aromatic heterocycles. The highest BCUT2D eigenvalue weighted by Crippen LogP contribution is 2.30. The molecular formula is C14H20N4S2. The third kappa shape index (κ3) is 2.34. The second-order valence-electron chi connectivity index (χ2n) is 5.72. The van der Waals surface area contributed by atoms with Crippen molar-refractivity contribution in [3.8, 4) is 0 Å². The van der Waals surface area contributed by atoms with Crippen molar-refractivity contribution in [1.82, 2.24) is 14.7 Å². The van der Waals surface area contributed by atoms with Crippen molar-refractivity contribution in [3.63, 3.8) is 0 Å². The normalized spacial score (nSPS) is 22.8. The molecule has 1 aliphatic heterocycles. The van der Waals surface area contributed by atoms with Crippen molar-refractivity contribution < 1.29 is 0 Å². The summed E-state index contributed by atoms with van der Waals surface area (Å²) in [6.07, 6.45) is 6.09. The minimum absolute atomic E-state index is 0.643. The molecule has 0 radical (unpaired) electrons. The molecule has 4 nitrogen and oxygen atoms in total. The predicted octanol–water partition coefficient (Wildman–Crippen LogP) is 2.59. The molecule has 1 saturated heterocycles. The van der Waals surface area contributed by atoms with E-state index in [1.165, 1.54) is 42.3 Å². The number of nitrogens with one attached hydrogen (secondary N) is 1. The molecule has 0 aromatic carbocycles. The lowest BCUT2D eigenvalue weighted by atomic mass is 10.2. The van der Waals surface area contributed by atoms with E-state index in [0.29, 0.717) is 6.04 Å². The van der Waals surface area contributed by atoms with Crippen LogP contribution in [0.3, 0.4) is 0 Å². The Kier molecular flexibility index (Phi) is 3.40. The maximum absolute atomic E-state index is 4.87. The number of nitrogens with zero attached hydrogens (tertiary/aromatic N) is 3. The number of rotatable bonds is 5. The third-order valence-corrected chi connectivity index (χ3v) is 6.16. The summed E-state index contributed by atoms with van der Waals surface area (Å²) in [6, 6.07) is 1.38. The number of imidazole rings is 1. The number of thiazole rings is 1. The molecule has 4 rings (SSSR count). The van der Waals surface area contributed by atoms with Crippen molar-refractivity contribution in [2.75, 3.05) is 23.5 Å². The molecule has 3 heterocycles. The second kappa shape index (κ2) is 5.24. The number of fused-ring (bicyclic) bond motifs is 1. The first-order valence-electron chi connectivity index (χ1n) is 7.31. The van der Waals surface area contributed by atoms with E-state index in [4.69, 9.17) is 4.98 Å². The van der Waals surface area contributed by atoms with Gasteiger partial charge in [-0.1, -0.05) is 0 Å².